The number of imidazole rings is 1. The number of aromatic nitrogens is 2. The first-order valence-corrected chi connectivity index (χ1v) is 19.1. The average Bonchev–Trinajstić information content (AvgIpc) is 3.63. The summed E-state index contributed by atoms with van der Waals surface area (Å²) in [4.78, 5) is 16.0. The minimum Gasteiger partial charge on any atom is -0.478 e. The highest BCUT2D eigenvalue weighted by molar-refractivity contribution is 5.88. The first-order valence-electron chi connectivity index (χ1n) is 19.1. The summed E-state index contributed by atoms with van der Waals surface area (Å²) in [6.45, 7) is 25.3. The summed E-state index contributed by atoms with van der Waals surface area (Å²) < 4.78 is 2.27. The van der Waals surface area contributed by atoms with Gasteiger partial charge in [-0.25, -0.2) is 9.78 Å². The lowest BCUT2D eigenvalue weighted by atomic mass is 9.32. The minimum atomic E-state index is -0.856. The van der Waals surface area contributed by atoms with Crippen molar-refractivity contribution in [2.45, 2.75) is 113 Å². The molecule has 1 aromatic carbocycles. The van der Waals surface area contributed by atoms with Crippen molar-refractivity contribution in [2.24, 2.45) is 56.7 Å². The van der Waals surface area contributed by atoms with Gasteiger partial charge in [-0.15, -0.1) is 0 Å². The van der Waals surface area contributed by atoms with Gasteiger partial charge in [-0.1, -0.05) is 65.0 Å². The van der Waals surface area contributed by atoms with Crippen molar-refractivity contribution in [1.82, 2.24) is 14.9 Å². The molecule has 4 fully saturated rings. The van der Waals surface area contributed by atoms with Crippen molar-refractivity contribution in [3.63, 3.8) is 0 Å². The maximum atomic E-state index is 11.6. The molecule has 48 heavy (non-hydrogen) atoms. The zero-order chi connectivity index (χ0) is 34.3. The summed E-state index contributed by atoms with van der Waals surface area (Å²) in [6, 6.07) is 7.65. The van der Waals surface area contributed by atoms with E-state index in [2.05, 4.69) is 82.2 Å². The van der Waals surface area contributed by atoms with Crippen LogP contribution >= 0.6 is 0 Å². The van der Waals surface area contributed by atoms with E-state index < -0.39 is 5.97 Å². The quantitative estimate of drug-likeness (QED) is 0.220. The monoisotopic (exact) mass is 651 g/mol. The van der Waals surface area contributed by atoms with Gasteiger partial charge in [0.25, 0.3) is 0 Å². The van der Waals surface area contributed by atoms with Gasteiger partial charge in [-0.2, -0.15) is 0 Å². The molecule has 0 radical (unpaired) electrons. The molecular formula is C43H61N3O2. The number of carbonyl (C=O) groups is 1. The van der Waals surface area contributed by atoms with Gasteiger partial charge >= 0.3 is 5.97 Å². The normalized spacial score (nSPS) is 39.8. The number of aryl methyl sites for hydroxylation is 1. The molecule has 0 bridgehead atoms. The molecule has 5 nitrogen and oxygen atoms in total. The van der Waals surface area contributed by atoms with Crippen molar-refractivity contribution in [1.29, 1.82) is 0 Å². The van der Waals surface area contributed by atoms with Crippen molar-refractivity contribution < 1.29 is 9.90 Å². The highest BCUT2D eigenvalue weighted by Gasteiger charge is 2.70. The molecule has 1 heterocycles. The molecule has 260 valence electrons. The fraction of sp³-hybridized carbons (Fsp3) is 0.674. The van der Waals surface area contributed by atoms with E-state index in [0.717, 1.165) is 43.7 Å². The van der Waals surface area contributed by atoms with Crippen LogP contribution in [0.15, 0.2) is 54.9 Å². The maximum Gasteiger partial charge on any atom is 0.335 e. The van der Waals surface area contributed by atoms with Crippen LogP contribution in [0.1, 0.15) is 121 Å². The van der Waals surface area contributed by atoms with Crippen LogP contribution in [-0.4, -0.2) is 33.7 Å². The zero-order valence-electron chi connectivity index (χ0n) is 30.9. The van der Waals surface area contributed by atoms with E-state index in [1.165, 1.54) is 68.1 Å². The molecule has 0 saturated heterocycles. The number of benzene rings is 1. The molecule has 5 aliphatic rings. The van der Waals surface area contributed by atoms with Gasteiger partial charge in [-0.3, -0.25) is 0 Å². The highest BCUT2D eigenvalue weighted by atomic mass is 16.4. The molecule has 7 rings (SSSR count). The SMILES string of the molecule is C=C(C)C1CCC2(CNCCn3ccnc3C)CCC3(C)C(CCC4C5(C)CC=C(c6ccc(C(=O)O)cc6)C(C)(C)C5CCC43C)C12. The molecule has 4 saturated carbocycles. The Morgan fingerprint density at radius 3 is 2.40 bits per heavy atom. The summed E-state index contributed by atoms with van der Waals surface area (Å²) in [7, 11) is 0. The molecule has 2 aromatic rings. The lowest BCUT2D eigenvalue weighted by molar-refractivity contribution is -0.225. The number of allylic oxidation sites excluding steroid dienone is 3. The van der Waals surface area contributed by atoms with Gasteiger partial charge in [0, 0.05) is 32.0 Å². The van der Waals surface area contributed by atoms with Crippen molar-refractivity contribution >= 4 is 11.5 Å². The van der Waals surface area contributed by atoms with E-state index in [9.17, 15) is 9.90 Å². The van der Waals surface area contributed by atoms with E-state index >= 15 is 0 Å². The van der Waals surface area contributed by atoms with Gasteiger partial charge < -0.3 is 15.0 Å². The predicted octanol–water partition coefficient (Wildman–Crippen LogP) is 9.83. The Morgan fingerprint density at radius 1 is 0.979 bits per heavy atom. The Balaban J connectivity index is 1.16. The van der Waals surface area contributed by atoms with E-state index in [4.69, 9.17) is 0 Å². The standard InChI is InChI=1S/C43H61N3O2/c1-28(2)32-15-20-43(27-44-23-25-46-26-24-45-29(46)3)22-21-41(7)34(37(32)43)13-14-36-40(6)18-16-33(30-9-11-31(12-10-30)38(47)48)39(4,5)35(40)17-19-42(36,41)8/h9-12,16,24,26,32,34-37,44H,1,13-15,17-23,25,27H2,2-8H3,(H,47,48). The van der Waals surface area contributed by atoms with Gasteiger partial charge in [0.05, 0.1) is 5.56 Å². The predicted molar refractivity (Wildman–Crippen MR) is 196 cm³/mol. The number of nitrogens with zero attached hydrogens (tertiary/aromatic N) is 2. The Morgan fingerprint density at radius 2 is 1.73 bits per heavy atom. The Kier molecular flexibility index (Phi) is 8.25. The second-order valence-electron chi connectivity index (χ2n) is 18.3. The molecule has 9 atom stereocenters. The first-order chi connectivity index (χ1) is 22.7. The van der Waals surface area contributed by atoms with Gasteiger partial charge in [0.1, 0.15) is 5.82 Å². The Bertz CT molecular complexity index is 1600. The van der Waals surface area contributed by atoms with Gasteiger partial charge in [-0.05, 0) is 152 Å². The second kappa shape index (κ2) is 11.7. The fourth-order valence-corrected chi connectivity index (χ4v) is 13.7. The number of carboxylic acids is 1. The maximum absolute atomic E-state index is 11.6. The third-order valence-electron chi connectivity index (χ3n) is 16.2. The molecule has 0 amide bonds. The van der Waals surface area contributed by atoms with Crippen LogP contribution in [0.5, 0.6) is 0 Å². The fourth-order valence-electron chi connectivity index (χ4n) is 13.7. The largest absolute Gasteiger partial charge is 0.478 e. The van der Waals surface area contributed by atoms with Gasteiger partial charge in [0.15, 0.2) is 0 Å². The van der Waals surface area contributed by atoms with Crippen LogP contribution in [0.3, 0.4) is 0 Å². The summed E-state index contributed by atoms with van der Waals surface area (Å²) in [5.41, 5.74) is 5.74. The number of rotatable bonds is 8. The van der Waals surface area contributed by atoms with Crippen LogP contribution in [0, 0.1) is 63.6 Å². The van der Waals surface area contributed by atoms with Crippen LogP contribution < -0.4 is 5.32 Å². The van der Waals surface area contributed by atoms with Crippen LogP contribution in [0.4, 0.5) is 0 Å². The summed E-state index contributed by atoms with van der Waals surface area (Å²) in [6.07, 6.45) is 18.4. The van der Waals surface area contributed by atoms with Crippen LogP contribution in [0.25, 0.3) is 5.57 Å². The number of aromatic carboxylic acids is 1. The van der Waals surface area contributed by atoms with Crippen molar-refractivity contribution in [2.75, 3.05) is 13.1 Å². The minimum absolute atomic E-state index is 0.0377. The van der Waals surface area contributed by atoms with Crippen LogP contribution in [-0.2, 0) is 6.54 Å². The molecule has 0 aliphatic heterocycles. The summed E-state index contributed by atoms with van der Waals surface area (Å²) in [5, 5.41) is 13.5. The zero-order valence-corrected chi connectivity index (χ0v) is 30.9. The topological polar surface area (TPSA) is 67.2 Å². The molecule has 1 aromatic heterocycles. The third kappa shape index (κ3) is 4.87. The number of hydrogen-bond donors (Lipinski definition) is 2. The summed E-state index contributed by atoms with van der Waals surface area (Å²) in [5.74, 6) is 3.69. The lowest BCUT2D eigenvalue weighted by Crippen LogP contribution is -2.65. The van der Waals surface area contributed by atoms with E-state index in [1.807, 2.05) is 18.3 Å². The molecular weight excluding hydrogens is 590 g/mol. The number of fused-ring (bicyclic) bond motifs is 7. The molecule has 9 unspecified atom stereocenters. The smallest absolute Gasteiger partial charge is 0.335 e. The molecule has 0 spiro atoms. The lowest BCUT2D eigenvalue weighted by Gasteiger charge is -2.72. The van der Waals surface area contributed by atoms with E-state index in [0.29, 0.717) is 39.6 Å². The Labute approximate surface area is 290 Å². The number of hydrogen-bond acceptors (Lipinski definition) is 3. The Hall–Kier alpha value is -2.66. The van der Waals surface area contributed by atoms with E-state index in [1.54, 1.807) is 12.1 Å². The second-order valence-corrected chi connectivity index (χ2v) is 18.3. The number of nitrogens with one attached hydrogen (secondary N) is 1. The average molecular weight is 652 g/mol. The summed E-state index contributed by atoms with van der Waals surface area (Å²) >= 11 is 0. The van der Waals surface area contributed by atoms with Crippen molar-refractivity contribution in [3.05, 3.63) is 71.8 Å². The van der Waals surface area contributed by atoms with Crippen molar-refractivity contribution in [3.8, 4) is 0 Å². The molecule has 5 heteroatoms. The number of carboxylic acid groups (broad SMARTS) is 1. The van der Waals surface area contributed by atoms with Gasteiger partial charge in [0.2, 0.25) is 0 Å². The first kappa shape index (κ1) is 33.8. The third-order valence-corrected chi connectivity index (χ3v) is 16.2. The highest BCUT2D eigenvalue weighted by Crippen LogP contribution is 2.77. The van der Waals surface area contributed by atoms with E-state index in [-0.39, 0.29) is 10.8 Å². The molecule has 2 N–H and O–H groups in total. The molecule has 5 aliphatic carbocycles. The van der Waals surface area contributed by atoms with Crippen LogP contribution in [0.2, 0.25) is 0 Å².